The summed E-state index contributed by atoms with van der Waals surface area (Å²) < 4.78 is 9.98. The van der Waals surface area contributed by atoms with Gasteiger partial charge in [-0.15, -0.1) is 0 Å². The summed E-state index contributed by atoms with van der Waals surface area (Å²) in [6.45, 7) is 4.48. The third-order valence-electron chi connectivity index (χ3n) is 1.69. The van der Waals surface area contributed by atoms with E-state index in [9.17, 15) is 0 Å². The van der Waals surface area contributed by atoms with Crippen LogP contribution < -0.4 is 4.74 Å². The molecule has 0 aliphatic carbocycles. The van der Waals surface area contributed by atoms with Crippen LogP contribution in [0.15, 0.2) is 18.3 Å². The number of ether oxygens (including phenoxy) is 2. The van der Waals surface area contributed by atoms with E-state index in [1.54, 1.807) is 13.3 Å². The second-order valence-corrected chi connectivity index (χ2v) is 3.12. The minimum atomic E-state index is 0.267. The lowest BCUT2D eigenvalue weighted by atomic mass is 10.1. The zero-order valence-electron chi connectivity index (χ0n) is 8.28. The van der Waals surface area contributed by atoms with Crippen LogP contribution in [0, 0.1) is 0 Å². The lowest BCUT2D eigenvalue weighted by Gasteiger charge is -2.06. The molecule has 0 radical (unpaired) electrons. The first-order chi connectivity index (χ1) is 6.24. The number of hydrogen-bond donors (Lipinski definition) is 0. The van der Waals surface area contributed by atoms with E-state index < -0.39 is 0 Å². The second-order valence-electron chi connectivity index (χ2n) is 3.12. The average Bonchev–Trinajstić information content (AvgIpc) is 2.15. The van der Waals surface area contributed by atoms with E-state index in [2.05, 4.69) is 18.8 Å². The van der Waals surface area contributed by atoms with Crippen LogP contribution in [0.1, 0.15) is 25.5 Å². The van der Waals surface area contributed by atoms with Crippen LogP contribution >= 0.6 is 0 Å². The Labute approximate surface area is 78.7 Å². The molecule has 3 heteroatoms. The third kappa shape index (κ3) is 3.03. The van der Waals surface area contributed by atoms with Gasteiger partial charge in [0.25, 0.3) is 0 Å². The van der Waals surface area contributed by atoms with Gasteiger partial charge in [0.1, 0.15) is 5.75 Å². The molecule has 0 amide bonds. The van der Waals surface area contributed by atoms with Crippen molar-refractivity contribution < 1.29 is 9.47 Å². The Bertz CT molecular complexity index is 244. The van der Waals surface area contributed by atoms with E-state index in [0.717, 1.165) is 11.4 Å². The van der Waals surface area contributed by atoms with E-state index in [-0.39, 0.29) is 6.79 Å². The van der Waals surface area contributed by atoms with Crippen LogP contribution in [0.25, 0.3) is 0 Å². The summed E-state index contributed by atoms with van der Waals surface area (Å²) in [6, 6.07) is 3.87. The van der Waals surface area contributed by atoms with Crippen molar-refractivity contribution >= 4 is 0 Å². The Morgan fingerprint density at radius 3 is 2.62 bits per heavy atom. The minimum absolute atomic E-state index is 0.267. The maximum absolute atomic E-state index is 5.21. The topological polar surface area (TPSA) is 31.4 Å². The van der Waals surface area contributed by atoms with Gasteiger partial charge in [-0.2, -0.15) is 0 Å². The predicted octanol–water partition coefficient (Wildman–Crippen LogP) is 2.19. The van der Waals surface area contributed by atoms with Gasteiger partial charge in [-0.1, -0.05) is 13.8 Å². The minimum Gasteiger partial charge on any atom is -0.466 e. The molecule has 0 saturated heterocycles. The van der Waals surface area contributed by atoms with E-state index in [1.807, 2.05) is 12.1 Å². The Balaban J connectivity index is 2.59. The zero-order chi connectivity index (χ0) is 9.68. The van der Waals surface area contributed by atoms with Gasteiger partial charge in [-0.25, -0.2) is 0 Å². The normalized spacial score (nSPS) is 10.5. The van der Waals surface area contributed by atoms with Gasteiger partial charge in [0.2, 0.25) is 0 Å². The highest BCUT2D eigenvalue weighted by atomic mass is 16.7. The van der Waals surface area contributed by atoms with E-state index in [4.69, 9.17) is 9.47 Å². The summed E-state index contributed by atoms with van der Waals surface area (Å²) >= 11 is 0. The van der Waals surface area contributed by atoms with Crippen molar-refractivity contribution in [1.29, 1.82) is 0 Å². The van der Waals surface area contributed by atoms with Crippen molar-refractivity contribution in [3.05, 3.63) is 24.0 Å². The molecular weight excluding hydrogens is 166 g/mol. The fourth-order valence-electron chi connectivity index (χ4n) is 0.946. The van der Waals surface area contributed by atoms with Crippen LogP contribution in [0.3, 0.4) is 0 Å². The summed E-state index contributed by atoms with van der Waals surface area (Å²) in [6.07, 6.45) is 1.72. The van der Waals surface area contributed by atoms with E-state index >= 15 is 0 Å². The van der Waals surface area contributed by atoms with Gasteiger partial charge >= 0.3 is 0 Å². The monoisotopic (exact) mass is 181 g/mol. The molecule has 0 unspecified atom stereocenters. The Morgan fingerprint density at radius 2 is 2.15 bits per heavy atom. The maximum Gasteiger partial charge on any atom is 0.188 e. The number of pyridine rings is 1. The smallest absolute Gasteiger partial charge is 0.188 e. The van der Waals surface area contributed by atoms with E-state index in [1.165, 1.54) is 0 Å². The van der Waals surface area contributed by atoms with Crippen molar-refractivity contribution in [2.75, 3.05) is 13.9 Å². The van der Waals surface area contributed by atoms with E-state index in [0.29, 0.717) is 5.92 Å². The highest BCUT2D eigenvalue weighted by Crippen LogP contribution is 2.14. The Hall–Kier alpha value is -1.09. The number of hydrogen-bond acceptors (Lipinski definition) is 3. The molecule has 0 fully saturated rings. The van der Waals surface area contributed by atoms with Gasteiger partial charge in [0, 0.05) is 12.8 Å². The molecule has 0 bridgehead atoms. The summed E-state index contributed by atoms with van der Waals surface area (Å²) in [5, 5.41) is 0. The molecule has 0 N–H and O–H groups in total. The molecule has 72 valence electrons. The molecule has 1 aromatic heterocycles. The lowest BCUT2D eigenvalue weighted by Crippen LogP contribution is -2.00. The van der Waals surface area contributed by atoms with Crippen molar-refractivity contribution in [3.8, 4) is 5.75 Å². The first-order valence-corrected chi connectivity index (χ1v) is 4.31. The first-order valence-electron chi connectivity index (χ1n) is 4.31. The summed E-state index contributed by atoms with van der Waals surface area (Å²) in [4.78, 5) is 4.25. The van der Waals surface area contributed by atoms with Crippen LogP contribution in [0.5, 0.6) is 5.75 Å². The number of methoxy groups -OCH3 is 1. The first kappa shape index (κ1) is 9.99. The van der Waals surface area contributed by atoms with Crippen molar-refractivity contribution in [1.82, 2.24) is 4.98 Å². The molecule has 0 aliphatic rings. The summed E-state index contributed by atoms with van der Waals surface area (Å²) in [5.41, 5.74) is 1.07. The lowest BCUT2D eigenvalue weighted by molar-refractivity contribution is 0.0508. The number of nitrogens with zero attached hydrogens (tertiary/aromatic N) is 1. The Morgan fingerprint density at radius 1 is 1.38 bits per heavy atom. The van der Waals surface area contributed by atoms with Crippen LogP contribution in [-0.2, 0) is 4.74 Å². The average molecular weight is 181 g/mol. The molecule has 0 spiro atoms. The standard InChI is InChI=1S/C10H15NO2/c1-8(2)10-5-4-9(6-11-10)13-7-12-3/h4-6,8H,7H2,1-3H3. The highest BCUT2D eigenvalue weighted by molar-refractivity contribution is 5.21. The predicted molar refractivity (Wildman–Crippen MR) is 50.8 cm³/mol. The van der Waals surface area contributed by atoms with Crippen molar-refractivity contribution in [2.45, 2.75) is 19.8 Å². The molecule has 0 aromatic carbocycles. The van der Waals surface area contributed by atoms with Gasteiger partial charge < -0.3 is 9.47 Å². The van der Waals surface area contributed by atoms with Crippen LogP contribution in [0.4, 0.5) is 0 Å². The molecule has 1 heterocycles. The summed E-state index contributed by atoms with van der Waals surface area (Å²) in [5.74, 6) is 1.20. The molecule has 0 atom stereocenters. The molecule has 0 aliphatic heterocycles. The van der Waals surface area contributed by atoms with Gasteiger partial charge in [-0.3, -0.25) is 4.98 Å². The molecule has 1 aromatic rings. The quantitative estimate of drug-likeness (QED) is 0.667. The van der Waals surface area contributed by atoms with Crippen LogP contribution in [0.2, 0.25) is 0 Å². The highest BCUT2D eigenvalue weighted by Gasteiger charge is 2.00. The molecule has 3 nitrogen and oxygen atoms in total. The fourth-order valence-corrected chi connectivity index (χ4v) is 0.946. The second kappa shape index (κ2) is 4.82. The van der Waals surface area contributed by atoms with Gasteiger partial charge in [0.15, 0.2) is 6.79 Å². The molecule has 0 saturated carbocycles. The van der Waals surface area contributed by atoms with Crippen molar-refractivity contribution in [2.24, 2.45) is 0 Å². The molecular formula is C10H15NO2. The number of rotatable bonds is 4. The molecule has 1 rings (SSSR count). The van der Waals surface area contributed by atoms with Gasteiger partial charge in [-0.05, 0) is 18.1 Å². The third-order valence-corrected chi connectivity index (χ3v) is 1.69. The van der Waals surface area contributed by atoms with Crippen molar-refractivity contribution in [3.63, 3.8) is 0 Å². The maximum atomic E-state index is 5.21. The summed E-state index contributed by atoms with van der Waals surface area (Å²) in [7, 11) is 1.59. The van der Waals surface area contributed by atoms with Gasteiger partial charge in [0.05, 0.1) is 6.20 Å². The zero-order valence-corrected chi connectivity index (χ0v) is 8.28. The Kier molecular flexibility index (Phi) is 3.71. The number of aromatic nitrogens is 1. The SMILES string of the molecule is COCOc1ccc(C(C)C)nc1. The van der Waals surface area contributed by atoms with Crippen LogP contribution in [-0.4, -0.2) is 18.9 Å². The fraction of sp³-hybridized carbons (Fsp3) is 0.500. The largest absolute Gasteiger partial charge is 0.466 e. The molecule has 13 heavy (non-hydrogen) atoms.